The molecule has 0 saturated carbocycles. The second-order valence-corrected chi connectivity index (χ2v) is 6.96. The predicted octanol–water partition coefficient (Wildman–Crippen LogP) is 5.14. The van der Waals surface area contributed by atoms with Crippen LogP contribution in [0.5, 0.6) is 0 Å². The summed E-state index contributed by atoms with van der Waals surface area (Å²) in [5, 5.41) is 0. The molecule has 0 spiro atoms. The second kappa shape index (κ2) is 9.81. The summed E-state index contributed by atoms with van der Waals surface area (Å²) in [5.41, 5.74) is 4.09. The molecule has 3 aromatic rings. The lowest BCUT2D eigenvalue weighted by molar-refractivity contribution is -0.118. The molecule has 0 saturated heterocycles. The number of hydrogen-bond acceptors (Lipinski definition) is 3. The summed E-state index contributed by atoms with van der Waals surface area (Å²) in [6.45, 7) is 2.19. The number of Topliss-reactive ketones (excluding diaryl/α,β-unsaturated/α-hetero) is 1. The van der Waals surface area contributed by atoms with Crippen molar-refractivity contribution in [1.29, 1.82) is 0 Å². The molecule has 2 aromatic heterocycles. The van der Waals surface area contributed by atoms with E-state index < -0.39 is 0 Å². The zero-order chi connectivity index (χ0) is 18.9. The number of aromatic nitrogens is 3. The molecule has 3 rings (SSSR count). The van der Waals surface area contributed by atoms with Crippen LogP contribution < -0.4 is 0 Å². The van der Waals surface area contributed by atoms with Crippen molar-refractivity contribution in [2.24, 2.45) is 0 Å². The highest BCUT2D eigenvalue weighted by atomic mass is 16.1. The highest BCUT2D eigenvalue weighted by Gasteiger charge is 2.07. The fourth-order valence-corrected chi connectivity index (χ4v) is 3.22. The summed E-state index contributed by atoms with van der Waals surface area (Å²) in [6.07, 6.45) is 10.1. The number of nitrogens with one attached hydrogen (secondary N) is 1. The van der Waals surface area contributed by atoms with Crippen LogP contribution in [0.3, 0.4) is 0 Å². The van der Waals surface area contributed by atoms with E-state index in [0.29, 0.717) is 25.0 Å². The Labute approximate surface area is 161 Å². The molecule has 1 aromatic carbocycles. The van der Waals surface area contributed by atoms with E-state index in [4.69, 9.17) is 0 Å². The van der Waals surface area contributed by atoms with Crippen molar-refractivity contribution >= 4 is 5.78 Å². The Bertz CT molecular complexity index is 856. The maximum atomic E-state index is 12.2. The normalized spacial score (nSPS) is 10.9. The van der Waals surface area contributed by atoms with Gasteiger partial charge >= 0.3 is 0 Å². The van der Waals surface area contributed by atoms with E-state index >= 15 is 0 Å². The number of aromatic amines is 1. The Morgan fingerprint density at radius 2 is 1.93 bits per heavy atom. The van der Waals surface area contributed by atoms with Crippen molar-refractivity contribution in [1.82, 2.24) is 15.0 Å². The SMILES string of the molecule is CCCCCCC(=O)Cc1cccc(Cc2nccc(-c3ccc[nH]3)n2)c1. The molecular weight excluding hydrogens is 334 g/mol. The van der Waals surface area contributed by atoms with Gasteiger partial charge in [0.25, 0.3) is 0 Å². The van der Waals surface area contributed by atoms with Crippen molar-refractivity contribution in [2.45, 2.75) is 51.9 Å². The van der Waals surface area contributed by atoms with E-state index in [9.17, 15) is 4.79 Å². The first-order valence-corrected chi connectivity index (χ1v) is 9.80. The average molecular weight is 361 g/mol. The molecule has 0 aliphatic carbocycles. The minimum atomic E-state index is 0.327. The van der Waals surface area contributed by atoms with Gasteiger partial charge in [-0.3, -0.25) is 4.79 Å². The van der Waals surface area contributed by atoms with E-state index in [-0.39, 0.29) is 0 Å². The summed E-state index contributed by atoms with van der Waals surface area (Å²) < 4.78 is 0. The van der Waals surface area contributed by atoms with Crippen LogP contribution in [0, 0.1) is 0 Å². The number of carbonyl (C=O) groups excluding carboxylic acids is 1. The van der Waals surface area contributed by atoms with Crippen molar-refractivity contribution in [2.75, 3.05) is 0 Å². The fourth-order valence-electron chi connectivity index (χ4n) is 3.22. The lowest BCUT2D eigenvalue weighted by Gasteiger charge is -2.06. The minimum Gasteiger partial charge on any atom is -0.360 e. The van der Waals surface area contributed by atoms with Crippen LogP contribution in [0.1, 0.15) is 56.0 Å². The van der Waals surface area contributed by atoms with Gasteiger partial charge in [-0.2, -0.15) is 0 Å². The fraction of sp³-hybridized carbons (Fsp3) is 0.348. The number of benzene rings is 1. The third-order valence-corrected chi connectivity index (χ3v) is 4.64. The van der Waals surface area contributed by atoms with E-state index in [2.05, 4.69) is 34.0 Å². The number of nitrogens with zero attached hydrogens (tertiary/aromatic N) is 2. The number of rotatable bonds is 10. The highest BCUT2D eigenvalue weighted by Crippen LogP contribution is 2.16. The first kappa shape index (κ1) is 19.0. The molecule has 140 valence electrons. The van der Waals surface area contributed by atoms with Gasteiger partial charge in [-0.05, 0) is 35.7 Å². The molecule has 4 nitrogen and oxygen atoms in total. The molecule has 0 aliphatic rings. The van der Waals surface area contributed by atoms with Gasteiger partial charge in [0, 0.05) is 31.7 Å². The van der Waals surface area contributed by atoms with Gasteiger partial charge < -0.3 is 4.98 Å². The maximum absolute atomic E-state index is 12.2. The highest BCUT2D eigenvalue weighted by molar-refractivity contribution is 5.80. The van der Waals surface area contributed by atoms with Crippen LogP contribution in [0.4, 0.5) is 0 Å². The Kier molecular flexibility index (Phi) is 6.91. The second-order valence-electron chi connectivity index (χ2n) is 6.96. The molecule has 0 radical (unpaired) electrons. The average Bonchev–Trinajstić information content (AvgIpc) is 3.21. The van der Waals surface area contributed by atoms with Crippen LogP contribution in [0.25, 0.3) is 11.4 Å². The topological polar surface area (TPSA) is 58.6 Å². The number of H-pyrrole nitrogens is 1. The van der Waals surface area contributed by atoms with E-state index in [1.807, 2.05) is 36.5 Å². The lowest BCUT2D eigenvalue weighted by atomic mass is 10.0. The van der Waals surface area contributed by atoms with Crippen LogP contribution in [-0.4, -0.2) is 20.7 Å². The van der Waals surface area contributed by atoms with Crippen LogP contribution in [0.2, 0.25) is 0 Å². The largest absolute Gasteiger partial charge is 0.360 e. The van der Waals surface area contributed by atoms with Crippen LogP contribution in [-0.2, 0) is 17.6 Å². The van der Waals surface area contributed by atoms with Crippen molar-refractivity contribution in [3.05, 3.63) is 71.8 Å². The molecule has 27 heavy (non-hydrogen) atoms. The standard InChI is InChI=1S/C23H27N3O/c1-2-3-4-5-10-20(27)16-18-8-6-9-19(15-18)17-23-25-14-12-22(26-23)21-11-7-13-24-21/h6-9,11-15,24H,2-5,10,16-17H2,1H3. The Morgan fingerprint density at radius 1 is 1.04 bits per heavy atom. The summed E-state index contributed by atoms with van der Waals surface area (Å²) in [7, 11) is 0. The van der Waals surface area contributed by atoms with Gasteiger partial charge in [0.05, 0.1) is 11.4 Å². The summed E-state index contributed by atoms with van der Waals surface area (Å²) in [4.78, 5) is 24.4. The number of carbonyl (C=O) groups is 1. The van der Waals surface area contributed by atoms with Crippen molar-refractivity contribution in [3.63, 3.8) is 0 Å². The van der Waals surface area contributed by atoms with Gasteiger partial charge in [-0.25, -0.2) is 9.97 Å². The zero-order valence-electron chi connectivity index (χ0n) is 15.9. The molecule has 0 amide bonds. The molecule has 1 N–H and O–H groups in total. The third kappa shape index (κ3) is 5.88. The predicted molar refractivity (Wildman–Crippen MR) is 109 cm³/mol. The summed E-state index contributed by atoms with van der Waals surface area (Å²) >= 11 is 0. The molecule has 0 fully saturated rings. The van der Waals surface area contributed by atoms with E-state index in [0.717, 1.165) is 41.2 Å². The smallest absolute Gasteiger partial charge is 0.137 e. The molecule has 2 heterocycles. The molecule has 0 bridgehead atoms. The molecular formula is C23H27N3O. The number of unbranched alkanes of at least 4 members (excludes halogenated alkanes) is 3. The first-order chi connectivity index (χ1) is 13.2. The van der Waals surface area contributed by atoms with Gasteiger partial charge in [-0.1, -0.05) is 50.5 Å². The van der Waals surface area contributed by atoms with Crippen molar-refractivity contribution < 1.29 is 4.79 Å². The van der Waals surface area contributed by atoms with Crippen LogP contribution >= 0.6 is 0 Å². The van der Waals surface area contributed by atoms with Gasteiger partial charge in [0.1, 0.15) is 11.6 Å². The van der Waals surface area contributed by atoms with Gasteiger partial charge in [0.15, 0.2) is 0 Å². The first-order valence-electron chi connectivity index (χ1n) is 9.80. The Balaban J connectivity index is 1.61. The van der Waals surface area contributed by atoms with Crippen molar-refractivity contribution in [3.8, 4) is 11.4 Å². The quantitative estimate of drug-likeness (QED) is 0.508. The van der Waals surface area contributed by atoms with Gasteiger partial charge in [-0.15, -0.1) is 0 Å². The monoisotopic (exact) mass is 361 g/mol. The maximum Gasteiger partial charge on any atom is 0.137 e. The molecule has 0 unspecified atom stereocenters. The minimum absolute atomic E-state index is 0.327. The number of ketones is 1. The molecule has 4 heteroatoms. The number of hydrogen-bond donors (Lipinski definition) is 1. The van der Waals surface area contributed by atoms with Crippen LogP contribution in [0.15, 0.2) is 54.9 Å². The summed E-state index contributed by atoms with van der Waals surface area (Å²) in [6, 6.07) is 14.1. The third-order valence-electron chi connectivity index (χ3n) is 4.64. The Hall–Kier alpha value is -2.75. The molecule has 0 aliphatic heterocycles. The Morgan fingerprint density at radius 3 is 2.74 bits per heavy atom. The lowest BCUT2D eigenvalue weighted by Crippen LogP contribution is -2.03. The van der Waals surface area contributed by atoms with E-state index in [1.54, 1.807) is 6.20 Å². The summed E-state index contributed by atoms with van der Waals surface area (Å²) in [5.74, 6) is 1.11. The molecule has 0 atom stereocenters. The zero-order valence-corrected chi connectivity index (χ0v) is 15.9. The van der Waals surface area contributed by atoms with E-state index in [1.165, 1.54) is 12.8 Å². The van der Waals surface area contributed by atoms with Gasteiger partial charge in [0.2, 0.25) is 0 Å².